The molecule has 4 heteroatoms. The van der Waals surface area contributed by atoms with E-state index in [-0.39, 0.29) is 0 Å². The Labute approximate surface area is 95.3 Å². The molecule has 0 radical (unpaired) electrons. The highest BCUT2D eigenvalue weighted by atomic mass is 17.2. The molecule has 0 atom stereocenters. The van der Waals surface area contributed by atoms with Crippen molar-refractivity contribution in [3.63, 3.8) is 0 Å². The molecule has 1 aromatic rings. The maximum absolute atomic E-state index is 11.6. The number of anilines is 1. The van der Waals surface area contributed by atoms with Crippen molar-refractivity contribution in [2.75, 3.05) is 5.73 Å². The predicted octanol–water partition coefficient (Wildman–Crippen LogP) is 2.55. The van der Waals surface area contributed by atoms with Crippen LogP contribution in [0.2, 0.25) is 0 Å². The van der Waals surface area contributed by atoms with E-state index in [0.29, 0.717) is 11.3 Å². The van der Waals surface area contributed by atoms with E-state index >= 15 is 0 Å². The Hall–Kier alpha value is -1.55. The van der Waals surface area contributed by atoms with Crippen molar-refractivity contribution < 1.29 is 14.6 Å². The lowest BCUT2D eigenvalue weighted by Gasteiger charge is -2.20. The van der Waals surface area contributed by atoms with Crippen LogP contribution in [0.3, 0.4) is 0 Å². The number of hydrogen-bond acceptors (Lipinski definition) is 4. The van der Waals surface area contributed by atoms with Crippen LogP contribution in [0, 0.1) is 0 Å². The highest BCUT2D eigenvalue weighted by Crippen LogP contribution is 2.15. The monoisotopic (exact) mass is 223 g/mol. The highest BCUT2D eigenvalue weighted by Gasteiger charge is 2.20. The van der Waals surface area contributed by atoms with Crippen molar-refractivity contribution in [3.8, 4) is 0 Å². The van der Waals surface area contributed by atoms with Gasteiger partial charge in [-0.05, 0) is 38.5 Å². The molecule has 0 amide bonds. The van der Waals surface area contributed by atoms with Crippen LogP contribution in [-0.2, 0) is 9.78 Å². The number of carbonyl (C=O) groups is 1. The Kier molecular flexibility index (Phi) is 3.90. The van der Waals surface area contributed by atoms with Crippen molar-refractivity contribution in [2.24, 2.45) is 0 Å². The lowest BCUT2D eigenvalue weighted by molar-refractivity contribution is -0.307. The van der Waals surface area contributed by atoms with Crippen molar-refractivity contribution in [1.29, 1.82) is 0 Å². The molecule has 4 nitrogen and oxygen atoms in total. The molecule has 0 bridgehead atoms. The van der Waals surface area contributed by atoms with Crippen molar-refractivity contribution in [3.05, 3.63) is 29.8 Å². The third kappa shape index (κ3) is 3.55. The second-order valence-corrected chi connectivity index (χ2v) is 4.19. The third-order valence-corrected chi connectivity index (χ3v) is 2.32. The molecule has 88 valence electrons. The summed E-state index contributed by atoms with van der Waals surface area (Å²) in [5.74, 6) is -0.533. The van der Waals surface area contributed by atoms with Crippen LogP contribution in [0.5, 0.6) is 0 Å². The lowest BCUT2D eigenvalue weighted by Crippen LogP contribution is -2.25. The molecule has 1 rings (SSSR count). The zero-order chi connectivity index (χ0) is 12.2. The summed E-state index contributed by atoms with van der Waals surface area (Å²) in [6.45, 7) is 5.65. The van der Waals surface area contributed by atoms with Crippen LogP contribution < -0.4 is 5.73 Å². The van der Waals surface area contributed by atoms with Gasteiger partial charge in [0.2, 0.25) is 0 Å². The average Bonchev–Trinajstić information content (AvgIpc) is 2.26. The van der Waals surface area contributed by atoms with E-state index < -0.39 is 11.6 Å². The Morgan fingerprint density at radius 1 is 1.44 bits per heavy atom. The van der Waals surface area contributed by atoms with E-state index in [4.69, 9.17) is 15.5 Å². The van der Waals surface area contributed by atoms with Gasteiger partial charge in [-0.3, -0.25) is 4.89 Å². The summed E-state index contributed by atoms with van der Waals surface area (Å²) >= 11 is 0. The molecule has 0 aliphatic heterocycles. The number of nitrogen functional groups attached to an aromatic ring is 1. The smallest absolute Gasteiger partial charge is 0.373 e. The van der Waals surface area contributed by atoms with Gasteiger partial charge in [-0.25, -0.2) is 4.79 Å². The standard InChI is InChI=1S/C12H17NO3/c1-4-12(2,3)16-15-11(14)9-6-5-7-10(13)8-9/h5-8H,4,13H2,1-3H3. The van der Waals surface area contributed by atoms with E-state index in [9.17, 15) is 4.79 Å². The van der Waals surface area contributed by atoms with E-state index in [0.717, 1.165) is 6.42 Å². The maximum Gasteiger partial charge on any atom is 0.373 e. The zero-order valence-electron chi connectivity index (χ0n) is 9.82. The SMILES string of the molecule is CCC(C)(C)OOC(=O)c1cccc(N)c1. The molecule has 0 aliphatic carbocycles. The van der Waals surface area contributed by atoms with Gasteiger partial charge in [0.05, 0.1) is 5.56 Å². The fourth-order valence-electron chi connectivity index (χ4n) is 0.923. The minimum Gasteiger partial charge on any atom is -0.399 e. The van der Waals surface area contributed by atoms with Crippen molar-refractivity contribution in [1.82, 2.24) is 0 Å². The van der Waals surface area contributed by atoms with E-state index in [2.05, 4.69) is 0 Å². The van der Waals surface area contributed by atoms with Crippen LogP contribution >= 0.6 is 0 Å². The number of nitrogens with two attached hydrogens (primary N) is 1. The summed E-state index contributed by atoms with van der Waals surface area (Å²) in [7, 11) is 0. The molecule has 0 unspecified atom stereocenters. The summed E-state index contributed by atoms with van der Waals surface area (Å²) < 4.78 is 0. The third-order valence-electron chi connectivity index (χ3n) is 2.32. The number of rotatable bonds is 4. The van der Waals surface area contributed by atoms with Gasteiger partial charge in [0, 0.05) is 5.69 Å². The molecule has 0 aliphatic rings. The topological polar surface area (TPSA) is 61.5 Å². The van der Waals surface area contributed by atoms with Crippen LogP contribution in [0.25, 0.3) is 0 Å². The van der Waals surface area contributed by atoms with Gasteiger partial charge >= 0.3 is 5.97 Å². The average molecular weight is 223 g/mol. The fraction of sp³-hybridized carbons (Fsp3) is 0.417. The summed E-state index contributed by atoms with van der Waals surface area (Å²) in [6, 6.07) is 6.57. The first-order valence-corrected chi connectivity index (χ1v) is 5.20. The normalized spacial score (nSPS) is 11.2. The Morgan fingerprint density at radius 2 is 2.12 bits per heavy atom. The van der Waals surface area contributed by atoms with Crippen LogP contribution in [0.4, 0.5) is 5.69 Å². The summed E-state index contributed by atoms with van der Waals surface area (Å²) in [5.41, 5.74) is 5.98. The molecule has 0 heterocycles. The molecule has 0 aromatic heterocycles. The van der Waals surface area contributed by atoms with Gasteiger partial charge < -0.3 is 5.73 Å². The first-order valence-electron chi connectivity index (χ1n) is 5.20. The summed E-state index contributed by atoms with van der Waals surface area (Å²) in [6.07, 6.45) is 0.747. The molecule has 16 heavy (non-hydrogen) atoms. The summed E-state index contributed by atoms with van der Waals surface area (Å²) in [5, 5.41) is 0. The van der Waals surface area contributed by atoms with Gasteiger partial charge in [0.15, 0.2) is 0 Å². The lowest BCUT2D eigenvalue weighted by atomic mass is 10.1. The first-order chi connectivity index (χ1) is 7.44. The van der Waals surface area contributed by atoms with Gasteiger partial charge in [0.25, 0.3) is 0 Å². The summed E-state index contributed by atoms with van der Waals surface area (Å²) in [4.78, 5) is 21.3. The number of hydrogen-bond donors (Lipinski definition) is 1. The molecule has 0 fully saturated rings. The fourth-order valence-corrected chi connectivity index (χ4v) is 0.923. The molecule has 0 saturated heterocycles. The first kappa shape index (κ1) is 12.5. The van der Waals surface area contributed by atoms with Crippen molar-refractivity contribution >= 4 is 11.7 Å². The van der Waals surface area contributed by atoms with Crippen LogP contribution in [0.1, 0.15) is 37.6 Å². The van der Waals surface area contributed by atoms with Crippen molar-refractivity contribution in [2.45, 2.75) is 32.8 Å². The minimum absolute atomic E-state index is 0.381. The van der Waals surface area contributed by atoms with Gasteiger partial charge in [-0.1, -0.05) is 13.0 Å². The number of carbonyl (C=O) groups excluding carboxylic acids is 1. The quantitative estimate of drug-likeness (QED) is 0.484. The Bertz CT molecular complexity index is 374. The molecular formula is C12H17NO3. The Balaban J connectivity index is 2.60. The van der Waals surface area contributed by atoms with E-state index in [1.165, 1.54) is 0 Å². The van der Waals surface area contributed by atoms with Gasteiger partial charge in [-0.2, -0.15) is 4.89 Å². The van der Waals surface area contributed by atoms with Crippen LogP contribution in [0.15, 0.2) is 24.3 Å². The highest BCUT2D eigenvalue weighted by molar-refractivity contribution is 5.89. The minimum atomic E-state index is -0.533. The molecule has 1 aromatic carbocycles. The molecular weight excluding hydrogens is 206 g/mol. The largest absolute Gasteiger partial charge is 0.399 e. The molecule has 0 spiro atoms. The Morgan fingerprint density at radius 3 is 2.69 bits per heavy atom. The second kappa shape index (κ2) is 4.99. The zero-order valence-corrected chi connectivity index (χ0v) is 9.82. The molecule has 0 saturated carbocycles. The van der Waals surface area contributed by atoms with Gasteiger partial charge in [-0.15, -0.1) is 0 Å². The van der Waals surface area contributed by atoms with Gasteiger partial charge in [0.1, 0.15) is 5.60 Å². The number of benzene rings is 1. The second-order valence-electron chi connectivity index (χ2n) is 4.19. The van der Waals surface area contributed by atoms with E-state index in [1.807, 2.05) is 20.8 Å². The van der Waals surface area contributed by atoms with E-state index in [1.54, 1.807) is 24.3 Å². The van der Waals surface area contributed by atoms with Crippen LogP contribution in [-0.4, -0.2) is 11.6 Å². The maximum atomic E-state index is 11.6. The predicted molar refractivity (Wildman–Crippen MR) is 61.7 cm³/mol. The molecule has 2 N–H and O–H groups in total.